The normalized spacial score (nSPS) is 16.9. The molecule has 106 valence electrons. The van der Waals surface area contributed by atoms with Gasteiger partial charge in [0.2, 0.25) is 0 Å². The Morgan fingerprint density at radius 3 is 2.76 bits per heavy atom. The lowest BCUT2D eigenvalue weighted by Gasteiger charge is -2.12. The van der Waals surface area contributed by atoms with Gasteiger partial charge in [0.15, 0.2) is 0 Å². The standard InChI is InChI=1S/C18H18N2O/c19-10-14-11-20(17-7-3-2-6-16(14)17)12-15-9-13-5-1-4-8-18(13)21-15/h1-8,11,15H,9-10,12,19H2. The van der Waals surface area contributed by atoms with E-state index < -0.39 is 0 Å². The molecular weight excluding hydrogens is 260 g/mol. The number of fused-ring (bicyclic) bond motifs is 2. The summed E-state index contributed by atoms with van der Waals surface area (Å²) in [6.07, 6.45) is 3.33. The molecule has 3 nitrogen and oxygen atoms in total. The number of nitrogens with two attached hydrogens (primary N) is 1. The molecule has 2 heterocycles. The number of hydrogen-bond donors (Lipinski definition) is 1. The van der Waals surface area contributed by atoms with Gasteiger partial charge >= 0.3 is 0 Å². The zero-order chi connectivity index (χ0) is 14.2. The average Bonchev–Trinajstić information content (AvgIpc) is 3.08. The van der Waals surface area contributed by atoms with Gasteiger partial charge in [-0.05, 0) is 23.3 Å². The smallest absolute Gasteiger partial charge is 0.123 e. The molecule has 2 aromatic carbocycles. The van der Waals surface area contributed by atoms with Gasteiger partial charge in [-0.25, -0.2) is 0 Å². The van der Waals surface area contributed by atoms with Crippen molar-refractivity contribution in [2.75, 3.05) is 0 Å². The summed E-state index contributed by atoms with van der Waals surface area (Å²) in [5, 5.41) is 1.25. The molecule has 0 spiro atoms. The molecular formula is C18H18N2O. The van der Waals surface area contributed by atoms with Crippen LogP contribution in [0.25, 0.3) is 10.9 Å². The van der Waals surface area contributed by atoms with Crippen LogP contribution < -0.4 is 10.5 Å². The molecule has 0 aliphatic carbocycles. The van der Waals surface area contributed by atoms with Crippen LogP contribution in [0.5, 0.6) is 5.75 Å². The number of rotatable bonds is 3. The number of hydrogen-bond acceptors (Lipinski definition) is 2. The van der Waals surface area contributed by atoms with E-state index in [1.165, 1.54) is 22.0 Å². The van der Waals surface area contributed by atoms with Crippen molar-refractivity contribution < 1.29 is 4.74 Å². The SMILES string of the molecule is NCc1cn(CC2Cc3ccccc3O2)c2ccccc12. The molecule has 0 radical (unpaired) electrons. The van der Waals surface area contributed by atoms with Crippen LogP contribution in [-0.4, -0.2) is 10.7 Å². The highest BCUT2D eigenvalue weighted by atomic mass is 16.5. The van der Waals surface area contributed by atoms with Gasteiger partial charge in [0.05, 0.1) is 6.54 Å². The summed E-state index contributed by atoms with van der Waals surface area (Å²) in [7, 11) is 0. The van der Waals surface area contributed by atoms with Gasteiger partial charge in [0, 0.05) is 30.1 Å². The fraction of sp³-hybridized carbons (Fsp3) is 0.222. The largest absolute Gasteiger partial charge is 0.488 e. The number of benzene rings is 2. The predicted octanol–water partition coefficient (Wildman–Crippen LogP) is 3.10. The van der Waals surface area contributed by atoms with Crippen molar-refractivity contribution in [3.63, 3.8) is 0 Å². The monoisotopic (exact) mass is 278 g/mol. The second-order valence-corrected chi connectivity index (χ2v) is 5.58. The van der Waals surface area contributed by atoms with Gasteiger partial charge in [-0.1, -0.05) is 36.4 Å². The second-order valence-electron chi connectivity index (χ2n) is 5.58. The minimum absolute atomic E-state index is 0.198. The van der Waals surface area contributed by atoms with Crippen LogP contribution in [0.1, 0.15) is 11.1 Å². The van der Waals surface area contributed by atoms with Gasteiger partial charge < -0.3 is 15.0 Å². The van der Waals surface area contributed by atoms with Gasteiger partial charge in [-0.2, -0.15) is 0 Å². The Balaban J connectivity index is 1.64. The number of aromatic nitrogens is 1. The van der Waals surface area contributed by atoms with Gasteiger partial charge in [0.1, 0.15) is 11.9 Å². The third-order valence-electron chi connectivity index (χ3n) is 4.21. The van der Waals surface area contributed by atoms with E-state index in [1.807, 2.05) is 6.07 Å². The van der Waals surface area contributed by atoms with Crippen LogP contribution in [0, 0.1) is 0 Å². The Kier molecular flexibility index (Phi) is 2.93. The van der Waals surface area contributed by atoms with Crippen LogP contribution in [0.4, 0.5) is 0 Å². The molecule has 4 rings (SSSR count). The summed E-state index contributed by atoms with van der Waals surface area (Å²) in [4.78, 5) is 0. The van der Waals surface area contributed by atoms with Crippen LogP contribution in [0.2, 0.25) is 0 Å². The number of ether oxygens (including phenoxy) is 1. The predicted molar refractivity (Wildman–Crippen MR) is 84.4 cm³/mol. The van der Waals surface area contributed by atoms with E-state index in [-0.39, 0.29) is 6.10 Å². The minimum atomic E-state index is 0.198. The molecule has 21 heavy (non-hydrogen) atoms. The zero-order valence-corrected chi connectivity index (χ0v) is 11.8. The van der Waals surface area contributed by atoms with E-state index in [9.17, 15) is 0 Å². The topological polar surface area (TPSA) is 40.2 Å². The lowest BCUT2D eigenvalue weighted by molar-refractivity contribution is 0.211. The highest BCUT2D eigenvalue weighted by molar-refractivity contribution is 5.83. The molecule has 1 atom stereocenters. The van der Waals surface area contributed by atoms with Crippen molar-refractivity contribution in [3.05, 3.63) is 65.9 Å². The molecule has 1 aliphatic rings. The average molecular weight is 278 g/mol. The van der Waals surface area contributed by atoms with Gasteiger partial charge in [0.25, 0.3) is 0 Å². The summed E-state index contributed by atoms with van der Waals surface area (Å²) >= 11 is 0. The van der Waals surface area contributed by atoms with Gasteiger partial charge in [-0.15, -0.1) is 0 Å². The Bertz CT molecular complexity index is 766. The van der Waals surface area contributed by atoms with Crippen molar-refractivity contribution in [1.82, 2.24) is 4.57 Å². The number of nitrogens with zero attached hydrogens (tertiary/aromatic N) is 1. The highest BCUT2D eigenvalue weighted by Gasteiger charge is 2.23. The quantitative estimate of drug-likeness (QED) is 0.799. The molecule has 1 aliphatic heterocycles. The Labute approximate surface area is 123 Å². The lowest BCUT2D eigenvalue weighted by Crippen LogP contribution is -2.20. The molecule has 0 fully saturated rings. The van der Waals surface area contributed by atoms with Crippen LogP contribution in [0.3, 0.4) is 0 Å². The summed E-state index contributed by atoms with van der Waals surface area (Å²) in [5.41, 5.74) is 9.59. The molecule has 0 bridgehead atoms. The first-order valence-electron chi connectivity index (χ1n) is 7.36. The van der Waals surface area contributed by atoms with E-state index in [1.54, 1.807) is 0 Å². The molecule has 1 unspecified atom stereocenters. The Hall–Kier alpha value is -2.26. The summed E-state index contributed by atoms with van der Waals surface area (Å²) in [5.74, 6) is 1.03. The summed E-state index contributed by atoms with van der Waals surface area (Å²) in [6, 6.07) is 16.7. The number of para-hydroxylation sites is 2. The summed E-state index contributed by atoms with van der Waals surface area (Å²) < 4.78 is 8.32. The van der Waals surface area contributed by atoms with Crippen molar-refractivity contribution in [2.24, 2.45) is 5.73 Å². The second kappa shape index (κ2) is 4.93. The van der Waals surface area contributed by atoms with Crippen molar-refractivity contribution in [1.29, 1.82) is 0 Å². The van der Waals surface area contributed by atoms with E-state index in [0.29, 0.717) is 6.54 Å². The minimum Gasteiger partial charge on any atom is -0.488 e. The fourth-order valence-electron chi connectivity index (χ4n) is 3.21. The van der Waals surface area contributed by atoms with Crippen LogP contribution in [0.15, 0.2) is 54.7 Å². The highest BCUT2D eigenvalue weighted by Crippen LogP contribution is 2.30. The maximum absolute atomic E-state index is 6.05. The molecule has 0 saturated carbocycles. The third-order valence-corrected chi connectivity index (χ3v) is 4.21. The first kappa shape index (κ1) is 12.5. The molecule has 2 N–H and O–H groups in total. The Morgan fingerprint density at radius 2 is 1.90 bits per heavy atom. The van der Waals surface area contributed by atoms with E-state index in [4.69, 9.17) is 10.5 Å². The van der Waals surface area contributed by atoms with Crippen molar-refractivity contribution >= 4 is 10.9 Å². The van der Waals surface area contributed by atoms with E-state index >= 15 is 0 Å². The molecule has 3 aromatic rings. The van der Waals surface area contributed by atoms with E-state index in [2.05, 4.69) is 53.2 Å². The van der Waals surface area contributed by atoms with Crippen LogP contribution >= 0.6 is 0 Å². The van der Waals surface area contributed by atoms with E-state index in [0.717, 1.165) is 18.7 Å². The molecule has 1 aromatic heterocycles. The van der Waals surface area contributed by atoms with Gasteiger partial charge in [-0.3, -0.25) is 0 Å². The molecule has 0 saturated heterocycles. The first-order chi connectivity index (χ1) is 10.3. The van der Waals surface area contributed by atoms with Crippen molar-refractivity contribution in [3.8, 4) is 5.75 Å². The zero-order valence-electron chi connectivity index (χ0n) is 11.8. The first-order valence-corrected chi connectivity index (χ1v) is 7.36. The maximum Gasteiger partial charge on any atom is 0.123 e. The fourth-order valence-corrected chi connectivity index (χ4v) is 3.21. The molecule has 0 amide bonds. The van der Waals surface area contributed by atoms with Crippen molar-refractivity contribution in [2.45, 2.75) is 25.6 Å². The molecule has 3 heteroatoms. The lowest BCUT2D eigenvalue weighted by atomic mass is 10.1. The summed E-state index contributed by atoms with van der Waals surface area (Å²) in [6.45, 7) is 1.43. The third kappa shape index (κ3) is 2.10. The maximum atomic E-state index is 6.05. The Morgan fingerprint density at radius 1 is 1.10 bits per heavy atom. The van der Waals surface area contributed by atoms with Crippen LogP contribution in [-0.2, 0) is 19.5 Å².